The Morgan fingerprint density at radius 3 is 2.44 bits per heavy atom. The molecule has 0 spiro atoms. The van der Waals surface area contributed by atoms with Gasteiger partial charge in [0.25, 0.3) is 0 Å². The highest BCUT2D eigenvalue weighted by molar-refractivity contribution is 6.33. The molecule has 0 aromatic heterocycles. The average Bonchev–Trinajstić information content (AvgIpc) is 2.22. The molecule has 0 atom stereocenters. The van der Waals surface area contributed by atoms with Crippen molar-refractivity contribution < 1.29 is 8.78 Å². The molecule has 16 heavy (non-hydrogen) atoms. The van der Waals surface area contributed by atoms with Crippen LogP contribution in [-0.2, 0) is 0 Å². The Hall–Kier alpha value is -2.11. The normalized spacial score (nSPS) is 8.81. The summed E-state index contributed by atoms with van der Waals surface area (Å²) in [6.07, 6.45) is 0.988. The first-order chi connectivity index (χ1) is 7.58. The van der Waals surface area contributed by atoms with Gasteiger partial charge in [-0.1, -0.05) is 11.6 Å². The zero-order valence-corrected chi connectivity index (χ0v) is 8.52. The molecule has 0 aliphatic carbocycles. The predicted molar refractivity (Wildman–Crippen MR) is 54.3 cm³/mol. The molecule has 0 aliphatic rings. The number of nitriles is 2. The van der Waals surface area contributed by atoms with E-state index in [0.717, 1.165) is 12.3 Å². The molecule has 0 unspecified atom stereocenters. The minimum Gasteiger partial charge on any atom is -0.356 e. The summed E-state index contributed by atoms with van der Waals surface area (Å²) in [4.78, 5) is 0. The highest BCUT2D eigenvalue weighted by Crippen LogP contribution is 2.26. The summed E-state index contributed by atoms with van der Waals surface area (Å²) in [5, 5.41) is 19.0. The summed E-state index contributed by atoms with van der Waals surface area (Å²) in [6.45, 7) is 0. The number of allylic oxidation sites excluding steroid dienone is 1. The van der Waals surface area contributed by atoms with E-state index in [0.29, 0.717) is 6.07 Å². The highest BCUT2D eigenvalue weighted by Gasteiger charge is 2.08. The molecular weight excluding hydrogens is 236 g/mol. The van der Waals surface area contributed by atoms with Gasteiger partial charge in [-0.25, -0.2) is 8.78 Å². The molecule has 3 nitrogen and oxygen atoms in total. The lowest BCUT2D eigenvalue weighted by atomic mass is 10.3. The van der Waals surface area contributed by atoms with Gasteiger partial charge >= 0.3 is 0 Å². The molecule has 0 heterocycles. The largest absolute Gasteiger partial charge is 0.356 e. The third-order valence-corrected chi connectivity index (χ3v) is 1.91. The lowest BCUT2D eigenvalue weighted by Gasteiger charge is -2.05. The number of halogens is 3. The fraction of sp³-hybridized carbons (Fsp3) is 0. The van der Waals surface area contributed by atoms with Crippen molar-refractivity contribution in [3.05, 3.63) is 40.6 Å². The smallest absolute Gasteiger partial charge is 0.151 e. The summed E-state index contributed by atoms with van der Waals surface area (Å²) in [6, 6.07) is 4.70. The van der Waals surface area contributed by atoms with Crippen molar-refractivity contribution >= 4 is 17.3 Å². The van der Waals surface area contributed by atoms with Gasteiger partial charge in [-0.2, -0.15) is 10.5 Å². The lowest BCUT2D eigenvalue weighted by Crippen LogP contribution is -1.95. The van der Waals surface area contributed by atoms with Crippen LogP contribution < -0.4 is 5.32 Å². The molecule has 0 amide bonds. The van der Waals surface area contributed by atoms with Gasteiger partial charge in [0.05, 0.1) is 10.7 Å². The molecule has 80 valence electrons. The maximum Gasteiger partial charge on any atom is 0.151 e. The Morgan fingerprint density at radius 1 is 1.31 bits per heavy atom. The fourth-order valence-electron chi connectivity index (χ4n) is 0.914. The number of benzene rings is 1. The number of rotatable bonds is 2. The molecule has 1 aromatic carbocycles. The van der Waals surface area contributed by atoms with Crippen molar-refractivity contribution in [1.82, 2.24) is 0 Å². The first-order valence-electron chi connectivity index (χ1n) is 4.00. The van der Waals surface area contributed by atoms with Gasteiger partial charge in [0.1, 0.15) is 23.5 Å². The van der Waals surface area contributed by atoms with Crippen molar-refractivity contribution in [2.24, 2.45) is 0 Å². The zero-order chi connectivity index (χ0) is 12.1. The Balaban J connectivity index is 3.05. The average molecular weight is 240 g/mol. The van der Waals surface area contributed by atoms with Crippen LogP contribution in [0, 0.1) is 34.3 Å². The first-order valence-corrected chi connectivity index (χ1v) is 4.37. The first kappa shape index (κ1) is 12.0. The molecule has 0 saturated carbocycles. The molecular formula is C10H4ClF2N3. The quantitative estimate of drug-likeness (QED) is 0.807. The SMILES string of the molecule is N#CC(C#N)=CNc1c(F)cc(F)cc1Cl. The van der Waals surface area contributed by atoms with E-state index >= 15 is 0 Å². The lowest BCUT2D eigenvalue weighted by molar-refractivity contribution is 0.586. The monoisotopic (exact) mass is 239 g/mol. The van der Waals surface area contributed by atoms with Crippen LogP contribution in [-0.4, -0.2) is 0 Å². The van der Waals surface area contributed by atoms with Crippen LogP contribution >= 0.6 is 11.6 Å². The van der Waals surface area contributed by atoms with E-state index in [-0.39, 0.29) is 16.3 Å². The van der Waals surface area contributed by atoms with Crippen LogP contribution in [0.15, 0.2) is 23.9 Å². The van der Waals surface area contributed by atoms with Crippen LogP contribution in [0.1, 0.15) is 0 Å². The topological polar surface area (TPSA) is 59.6 Å². The summed E-state index contributed by atoms with van der Waals surface area (Å²) in [7, 11) is 0. The second kappa shape index (κ2) is 5.11. The Morgan fingerprint density at radius 2 is 1.94 bits per heavy atom. The maximum absolute atomic E-state index is 13.2. The molecule has 0 aliphatic heterocycles. The van der Waals surface area contributed by atoms with Gasteiger partial charge in [0.2, 0.25) is 0 Å². The summed E-state index contributed by atoms with van der Waals surface area (Å²) < 4.78 is 25.9. The third-order valence-electron chi connectivity index (χ3n) is 1.61. The van der Waals surface area contributed by atoms with E-state index in [1.165, 1.54) is 0 Å². The predicted octanol–water partition coefficient (Wildman–Crippen LogP) is 2.96. The van der Waals surface area contributed by atoms with E-state index in [9.17, 15) is 8.78 Å². The minimum atomic E-state index is -0.906. The van der Waals surface area contributed by atoms with Crippen LogP contribution in [0.5, 0.6) is 0 Å². The van der Waals surface area contributed by atoms with Gasteiger partial charge in [0, 0.05) is 12.3 Å². The van der Waals surface area contributed by atoms with Crippen LogP contribution in [0.2, 0.25) is 5.02 Å². The Labute approximate surface area is 95.2 Å². The molecule has 1 aromatic rings. The molecule has 0 fully saturated rings. The second-order valence-corrected chi connectivity index (χ2v) is 3.08. The van der Waals surface area contributed by atoms with E-state index in [2.05, 4.69) is 5.32 Å². The summed E-state index contributed by atoms with van der Waals surface area (Å²) in [5.41, 5.74) is -0.439. The third kappa shape index (κ3) is 2.69. The van der Waals surface area contributed by atoms with Gasteiger partial charge in [-0.05, 0) is 6.07 Å². The van der Waals surface area contributed by atoms with E-state index in [1.54, 1.807) is 12.1 Å². The number of nitrogens with zero attached hydrogens (tertiary/aromatic N) is 2. The number of anilines is 1. The van der Waals surface area contributed by atoms with E-state index in [4.69, 9.17) is 22.1 Å². The molecule has 0 bridgehead atoms. The highest BCUT2D eigenvalue weighted by atomic mass is 35.5. The van der Waals surface area contributed by atoms with Crippen molar-refractivity contribution in [3.63, 3.8) is 0 Å². The van der Waals surface area contributed by atoms with Crippen molar-refractivity contribution in [2.45, 2.75) is 0 Å². The Kier molecular flexibility index (Phi) is 3.82. The van der Waals surface area contributed by atoms with Crippen LogP contribution in [0.25, 0.3) is 0 Å². The van der Waals surface area contributed by atoms with E-state index in [1.807, 2.05) is 0 Å². The zero-order valence-electron chi connectivity index (χ0n) is 7.76. The summed E-state index contributed by atoms with van der Waals surface area (Å²) >= 11 is 5.57. The minimum absolute atomic E-state index is 0.177. The molecule has 1 rings (SSSR count). The molecule has 6 heteroatoms. The van der Waals surface area contributed by atoms with Gasteiger partial charge in [0.15, 0.2) is 5.82 Å². The Bertz CT molecular complexity index is 487. The number of nitrogens with one attached hydrogen (secondary N) is 1. The number of hydrogen-bond donors (Lipinski definition) is 1. The van der Waals surface area contributed by atoms with Crippen LogP contribution in [0.3, 0.4) is 0 Å². The second-order valence-electron chi connectivity index (χ2n) is 2.67. The van der Waals surface area contributed by atoms with E-state index < -0.39 is 11.6 Å². The number of hydrogen-bond acceptors (Lipinski definition) is 3. The molecule has 1 N–H and O–H groups in total. The van der Waals surface area contributed by atoms with Gasteiger partial charge in [-0.3, -0.25) is 0 Å². The van der Waals surface area contributed by atoms with Crippen molar-refractivity contribution in [1.29, 1.82) is 10.5 Å². The fourth-order valence-corrected chi connectivity index (χ4v) is 1.16. The summed E-state index contributed by atoms with van der Waals surface area (Å²) in [5.74, 6) is -1.71. The van der Waals surface area contributed by atoms with Crippen molar-refractivity contribution in [2.75, 3.05) is 5.32 Å². The maximum atomic E-state index is 13.2. The van der Waals surface area contributed by atoms with Gasteiger partial charge < -0.3 is 5.32 Å². The van der Waals surface area contributed by atoms with Gasteiger partial charge in [-0.15, -0.1) is 0 Å². The molecule has 0 saturated heterocycles. The molecule has 0 radical (unpaired) electrons. The standard InChI is InChI=1S/C10H4ClF2N3/c11-8-1-7(12)2-9(13)10(8)16-5-6(3-14)4-15/h1-2,5,16H. The van der Waals surface area contributed by atoms with Crippen LogP contribution in [0.4, 0.5) is 14.5 Å². The van der Waals surface area contributed by atoms with Crippen molar-refractivity contribution in [3.8, 4) is 12.1 Å².